The van der Waals surface area contributed by atoms with E-state index >= 15 is 0 Å². The van der Waals surface area contributed by atoms with Crippen molar-refractivity contribution in [2.24, 2.45) is 0 Å². The van der Waals surface area contributed by atoms with Crippen molar-refractivity contribution in [1.29, 1.82) is 0 Å². The van der Waals surface area contributed by atoms with Crippen molar-refractivity contribution in [2.75, 3.05) is 37.7 Å². The standard InChI is InChI=1S/C11H15ClN4OS/c12-10-2-1-9(14-15-10)11(17)13-3-4-16-5-7-18-8-6-16/h1-2H,3-8H2,(H,13,17). The number of hydrogen-bond acceptors (Lipinski definition) is 5. The number of nitrogens with one attached hydrogen (secondary N) is 1. The van der Waals surface area contributed by atoms with Crippen molar-refractivity contribution in [3.63, 3.8) is 0 Å². The predicted octanol–water partition coefficient (Wildman–Crippen LogP) is 0.909. The first kappa shape index (κ1) is 13.6. The van der Waals surface area contributed by atoms with Gasteiger partial charge < -0.3 is 5.32 Å². The quantitative estimate of drug-likeness (QED) is 0.892. The molecular weight excluding hydrogens is 272 g/mol. The van der Waals surface area contributed by atoms with Crippen molar-refractivity contribution < 1.29 is 4.79 Å². The SMILES string of the molecule is O=C(NCCN1CCSCC1)c1ccc(Cl)nn1. The van der Waals surface area contributed by atoms with Crippen molar-refractivity contribution in [2.45, 2.75) is 0 Å². The van der Waals surface area contributed by atoms with Crippen LogP contribution >= 0.6 is 23.4 Å². The lowest BCUT2D eigenvalue weighted by atomic mass is 10.3. The Morgan fingerprint density at radius 1 is 1.39 bits per heavy atom. The number of aromatic nitrogens is 2. The summed E-state index contributed by atoms with van der Waals surface area (Å²) in [6.07, 6.45) is 0. The van der Waals surface area contributed by atoms with Gasteiger partial charge in [0, 0.05) is 37.7 Å². The molecule has 1 saturated heterocycles. The van der Waals surface area contributed by atoms with Gasteiger partial charge in [-0.05, 0) is 12.1 Å². The van der Waals surface area contributed by atoms with Crippen molar-refractivity contribution in [3.05, 3.63) is 23.0 Å². The zero-order valence-electron chi connectivity index (χ0n) is 9.93. The lowest BCUT2D eigenvalue weighted by Crippen LogP contribution is -2.39. The largest absolute Gasteiger partial charge is 0.349 e. The third-order valence-electron chi connectivity index (χ3n) is 2.68. The Bertz CT molecular complexity index is 395. The number of rotatable bonds is 4. The topological polar surface area (TPSA) is 58.1 Å². The highest BCUT2D eigenvalue weighted by molar-refractivity contribution is 7.99. The smallest absolute Gasteiger partial charge is 0.271 e. The lowest BCUT2D eigenvalue weighted by Gasteiger charge is -2.25. The number of thioether (sulfide) groups is 1. The molecule has 1 aliphatic heterocycles. The molecule has 1 aliphatic rings. The molecular formula is C11H15ClN4OS. The van der Waals surface area contributed by atoms with Gasteiger partial charge in [0.15, 0.2) is 10.8 Å². The predicted molar refractivity (Wildman–Crippen MR) is 73.1 cm³/mol. The van der Waals surface area contributed by atoms with E-state index in [0.29, 0.717) is 12.2 Å². The van der Waals surface area contributed by atoms with Crippen LogP contribution in [0.2, 0.25) is 5.15 Å². The van der Waals surface area contributed by atoms with Crippen LogP contribution in [0.25, 0.3) is 0 Å². The second-order valence-electron chi connectivity index (χ2n) is 3.95. The number of nitrogens with zero attached hydrogens (tertiary/aromatic N) is 3. The van der Waals surface area contributed by atoms with E-state index in [9.17, 15) is 4.79 Å². The molecule has 0 unspecified atom stereocenters. The molecule has 98 valence electrons. The Morgan fingerprint density at radius 3 is 2.83 bits per heavy atom. The van der Waals surface area contributed by atoms with Gasteiger partial charge in [-0.15, -0.1) is 10.2 Å². The molecule has 0 radical (unpaired) electrons. The summed E-state index contributed by atoms with van der Waals surface area (Å²) >= 11 is 7.59. The van der Waals surface area contributed by atoms with Crippen molar-refractivity contribution in [3.8, 4) is 0 Å². The van der Waals surface area contributed by atoms with E-state index in [1.54, 1.807) is 12.1 Å². The van der Waals surface area contributed by atoms with Gasteiger partial charge >= 0.3 is 0 Å². The highest BCUT2D eigenvalue weighted by Crippen LogP contribution is 2.08. The van der Waals surface area contributed by atoms with Gasteiger partial charge in [0.25, 0.3) is 5.91 Å². The maximum atomic E-state index is 11.7. The number of amides is 1. The summed E-state index contributed by atoms with van der Waals surface area (Å²) in [6, 6.07) is 3.13. The van der Waals surface area contributed by atoms with E-state index in [-0.39, 0.29) is 11.1 Å². The van der Waals surface area contributed by atoms with Crippen LogP contribution in [0.5, 0.6) is 0 Å². The molecule has 7 heteroatoms. The Labute approximate surface area is 115 Å². The van der Waals surface area contributed by atoms with Gasteiger partial charge in [0.1, 0.15) is 0 Å². The number of carbonyl (C=O) groups is 1. The van der Waals surface area contributed by atoms with Crippen LogP contribution in [0.15, 0.2) is 12.1 Å². The molecule has 1 aromatic heterocycles. The summed E-state index contributed by atoms with van der Waals surface area (Å²) in [5.41, 5.74) is 0.300. The number of halogens is 1. The molecule has 2 rings (SSSR count). The fourth-order valence-electron chi connectivity index (χ4n) is 1.68. The normalized spacial score (nSPS) is 16.5. The van der Waals surface area contributed by atoms with Crippen molar-refractivity contribution in [1.82, 2.24) is 20.4 Å². The molecule has 1 aromatic rings. The van der Waals surface area contributed by atoms with Crippen LogP contribution in [0.4, 0.5) is 0 Å². The molecule has 0 atom stereocenters. The molecule has 2 heterocycles. The molecule has 0 saturated carbocycles. The fourth-order valence-corrected chi connectivity index (χ4v) is 2.76. The molecule has 18 heavy (non-hydrogen) atoms. The molecule has 5 nitrogen and oxygen atoms in total. The van der Waals surface area contributed by atoms with E-state index in [1.807, 2.05) is 11.8 Å². The van der Waals surface area contributed by atoms with Crippen LogP contribution in [0.1, 0.15) is 10.5 Å². The van der Waals surface area contributed by atoms with Gasteiger partial charge in [0.05, 0.1) is 0 Å². The van der Waals surface area contributed by atoms with Gasteiger partial charge in [0.2, 0.25) is 0 Å². The fraction of sp³-hybridized carbons (Fsp3) is 0.545. The summed E-state index contributed by atoms with van der Waals surface area (Å²) in [6.45, 7) is 3.71. The van der Waals surface area contributed by atoms with E-state index in [2.05, 4.69) is 20.4 Å². The first-order valence-electron chi connectivity index (χ1n) is 5.83. The first-order valence-corrected chi connectivity index (χ1v) is 7.36. The van der Waals surface area contributed by atoms with Crippen LogP contribution in [-0.2, 0) is 0 Å². The molecule has 0 bridgehead atoms. The molecule has 1 fully saturated rings. The summed E-state index contributed by atoms with van der Waals surface area (Å²) < 4.78 is 0. The average Bonchev–Trinajstić information content (AvgIpc) is 2.40. The summed E-state index contributed by atoms with van der Waals surface area (Å²) in [4.78, 5) is 14.1. The van der Waals surface area contributed by atoms with E-state index < -0.39 is 0 Å². The van der Waals surface area contributed by atoms with Gasteiger partial charge in [-0.25, -0.2) is 0 Å². The molecule has 1 N–H and O–H groups in total. The van der Waals surface area contributed by atoms with Crippen LogP contribution in [0, 0.1) is 0 Å². The number of hydrogen-bond donors (Lipinski definition) is 1. The van der Waals surface area contributed by atoms with Gasteiger partial charge in [-0.2, -0.15) is 11.8 Å². The zero-order valence-corrected chi connectivity index (χ0v) is 11.5. The maximum absolute atomic E-state index is 11.7. The van der Waals surface area contributed by atoms with E-state index in [0.717, 1.165) is 19.6 Å². The first-order chi connectivity index (χ1) is 8.75. The van der Waals surface area contributed by atoms with E-state index in [1.165, 1.54) is 11.5 Å². The van der Waals surface area contributed by atoms with Crippen LogP contribution in [-0.4, -0.2) is 58.7 Å². The monoisotopic (exact) mass is 286 g/mol. The van der Waals surface area contributed by atoms with Crippen LogP contribution in [0.3, 0.4) is 0 Å². The Hall–Kier alpha value is -0.850. The molecule has 0 aliphatic carbocycles. The Kier molecular flexibility index (Phi) is 5.22. The third kappa shape index (κ3) is 4.12. The second kappa shape index (κ2) is 6.92. The highest BCUT2D eigenvalue weighted by atomic mass is 35.5. The minimum atomic E-state index is -0.203. The van der Waals surface area contributed by atoms with Gasteiger partial charge in [-0.3, -0.25) is 9.69 Å². The van der Waals surface area contributed by atoms with Crippen molar-refractivity contribution >= 4 is 29.3 Å². The minimum Gasteiger partial charge on any atom is -0.349 e. The third-order valence-corrected chi connectivity index (χ3v) is 3.83. The Morgan fingerprint density at radius 2 is 2.17 bits per heavy atom. The van der Waals surface area contributed by atoms with E-state index in [4.69, 9.17) is 11.6 Å². The maximum Gasteiger partial charge on any atom is 0.271 e. The Balaban J connectivity index is 1.72. The number of carbonyl (C=O) groups excluding carboxylic acids is 1. The summed E-state index contributed by atoms with van der Waals surface area (Å²) in [5, 5.41) is 10.5. The lowest BCUT2D eigenvalue weighted by molar-refractivity contribution is 0.0943. The molecule has 1 amide bonds. The second-order valence-corrected chi connectivity index (χ2v) is 5.56. The summed E-state index contributed by atoms with van der Waals surface area (Å²) in [7, 11) is 0. The minimum absolute atomic E-state index is 0.203. The van der Waals surface area contributed by atoms with Gasteiger partial charge in [-0.1, -0.05) is 11.6 Å². The summed E-state index contributed by atoms with van der Waals surface area (Å²) in [5.74, 6) is 2.15. The highest BCUT2D eigenvalue weighted by Gasteiger charge is 2.11. The molecule has 0 aromatic carbocycles. The molecule has 0 spiro atoms. The zero-order chi connectivity index (χ0) is 12.8. The average molecular weight is 287 g/mol. The van der Waals surface area contributed by atoms with Crippen LogP contribution < -0.4 is 5.32 Å².